The van der Waals surface area contributed by atoms with Gasteiger partial charge in [-0.3, -0.25) is 14.5 Å². The van der Waals surface area contributed by atoms with Gasteiger partial charge in [0.05, 0.1) is 25.3 Å². The summed E-state index contributed by atoms with van der Waals surface area (Å²) >= 11 is 1.79. The van der Waals surface area contributed by atoms with Gasteiger partial charge in [0, 0.05) is 36.5 Å². The highest BCUT2D eigenvalue weighted by Crippen LogP contribution is 2.60. The Bertz CT molecular complexity index is 1450. The molecule has 1 heterocycles. The molecule has 1 aliphatic heterocycles. The van der Waals surface area contributed by atoms with E-state index in [1.165, 1.54) is 16.0 Å². The summed E-state index contributed by atoms with van der Waals surface area (Å²) in [6.45, 7) is 18.0. The van der Waals surface area contributed by atoms with Crippen LogP contribution in [0, 0.1) is 29.1 Å². The molecule has 0 spiro atoms. The molecule has 3 saturated carbocycles. The Labute approximate surface area is 305 Å². The van der Waals surface area contributed by atoms with Crippen LogP contribution in [0.1, 0.15) is 70.6 Å². The standard InChI is InChI=1S/C41H62N4O4S/c1-26(2)17-33(24-43(7)8)44(23-31-15-10-11-16-37(31)50-9)21-29-13-12-14-30(18-29)22-45-39(38(28(4)47)36(25-46)49-45)40(48)42-35-20-32-19-34(27(35)3)41(32,5)6/h10-16,18,26,28,32-36,38-39,46-47H,3,17,19-25H2,1-2,4-9H3,(H,42,48)/t28-,32+,33-,34-,35-,36-,38+,39-/m0/s1. The Kier molecular flexibility index (Phi) is 13.0. The van der Waals surface area contributed by atoms with E-state index in [1.807, 2.05) is 0 Å². The summed E-state index contributed by atoms with van der Waals surface area (Å²) < 4.78 is 0. The van der Waals surface area contributed by atoms with Crippen molar-refractivity contribution in [2.45, 2.75) is 109 Å². The van der Waals surface area contributed by atoms with Crippen molar-refractivity contribution in [2.75, 3.05) is 33.5 Å². The van der Waals surface area contributed by atoms with Crippen LogP contribution in [0.25, 0.3) is 0 Å². The Hall–Kier alpha value is -2.24. The molecule has 6 rings (SSSR count). The molecule has 4 fully saturated rings. The second-order valence-electron chi connectivity index (χ2n) is 16.4. The molecule has 2 bridgehead atoms. The molecule has 4 aliphatic rings. The van der Waals surface area contributed by atoms with E-state index < -0.39 is 24.2 Å². The monoisotopic (exact) mass is 706 g/mol. The van der Waals surface area contributed by atoms with Crippen LogP contribution < -0.4 is 5.32 Å². The highest BCUT2D eigenvalue weighted by atomic mass is 32.2. The molecule has 1 amide bonds. The molecular weight excluding hydrogens is 645 g/mol. The van der Waals surface area contributed by atoms with Crippen LogP contribution in [0.15, 0.2) is 65.6 Å². The zero-order chi connectivity index (χ0) is 36.3. The Morgan fingerprint density at radius 1 is 1.10 bits per heavy atom. The van der Waals surface area contributed by atoms with Gasteiger partial charge in [0.2, 0.25) is 5.91 Å². The summed E-state index contributed by atoms with van der Waals surface area (Å²) in [5.41, 5.74) is 4.88. The number of aliphatic hydroxyl groups excluding tert-OH is 2. The van der Waals surface area contributed by atoms with Crippen LogP contribution in [-0.2, 0) is 29.3 Å². The molecule has 8 atom stereocenters. The maximum absolute atomic E-state index is 14.1. The van der Waals surface area contributed by atoms with Crippen LogP contribution in [0.5, 0.6) is 0 Å². The second-order valence-corrected chi connectivity index (χ2v) is 17.3. The maximum Gasteiger partial charge on any atom is 0.240 e. The Morgan fingerprint density at radius 3 is 2.44 bits per heavy atom. The van der Waals surface area contributed by atoms with Crippen LogP contribution in [0.2, 0.25) is 0 Å². The summed E-state index contributed by atoms with van der Waals surface area (Å²) in [6.07, 6.45) is 3.75. The number of likely N-dealkylation sites (N-methyl/N-ethyl adjacent to an activating group) is 1. The van der Waals surface area contributed by atoms with Crippen LogP contribution in [0.3, 0.4) is 0 Å². The zero-order valence-electron chi connectivity index (χ0n) is 31.6. The number of nitrogens with zero attached hydrogens (tertiary/aromatic N) is 3. The average molecular weight is 707 g/mol. The van der Waals surface area contributed by atoms with Crippen molar-refractivity contribution in [1.82, 2.24) is 20.2 Å². The van der Waals surface area contributed by atoms with Crippen LogP contribution in [0.4, 0.5) is 0 Å². The fraction of sp³-hybridized carbons (Fsp3) is 0.634. The summed E-state index contributed by atoms with van der Waals surface area (Å²) in [4.78, 5) is 26.6. The Morgan fingerprint density at radius 2 is 1.82 bits per heavy atom. The third kappa shape index (κ3) is 8.68. The van der Waals surface area contributed by atoms with E-state index in [4.69, 9.17) is 4.84 Å². The number of hydrogen-bond donors (Lipinski definition) is 3. The predicted octanol–water partition coefficient (Wildman–Crippen LogP) is 5.97. The minimum absolute atomic E-state index is 0.0875. The van der Waals surface area contributed by atoms with Crippen molar-refractivity contribution >= 4 is 17.7 Å². The van der Waals surface area contributed by atoms with Gasteiger partial charge in [-0.05, 0) is 92.5 Å². The SMILES string of the molecule is C=C1[C@@H](NC(=O)[C@@H]2[C@H]([C@H](C)O)[C@H](CO)ON2Cc2cccc(CN(Cc3ccccc3SC)[C@@H](CC(C)C)CN(C)C)c2)C[C@H]2C[C@@H]1C2(C)C. The van der Waals surface area contributed by atoms with Gasteiger partial charge in [-0.1, -0.05) is 82.3 Å². The number of fused-ring (bicyclic) bond motifs is 2. The molecule has 9 heteroatoms. The quantitative estimate of drug-likeness (QED) is 0.146. The lowest BCUT2D eigenvalue weighted by Crippen LogP contribution is -2.59. The third-order valence-electron chi connectivity index (χ3n) is 11.7. The van der Waals surface area contributed by atoms with E-state index in [0.29, 0.717) is 30.3 Å². The number of nitrogens with one attached hydrogen (secondary N) is 1. The number of rotatable bonds is 16. The molecule has 8 nitrogen and oxygen atoms in total. The van der Waals surface area contributed by atoms with Crippen molar-refractivity contribution in [1.29, 1.82) is 0 Å². The maximum atomic E-state index is 14.1. The van der Waals surface area contributed by atoms with E-state index in [2.05, 4.69) is 118 Å². The van der Waals surface area contributed by atoms with E-state index in [-0.39, 0.29) is 24.0 Å². The zero-order valence-corrected chi connectivity index (χ0v) is 32.5. The average Bonchev–Trinajstić information content (AvgIpc) is 3.43. The minimum Gasteiger partial charge on any atom is -0.394 e. The van der Waals surface area contributed by atoms with Crippen molar-refractivity contribution in [3.05, 3.63) is 77.4 Å². The molecule has 2 aromatic carbocycles. The van der Waals surface area contributed by atoms with Gasteiger partial charge < -0.3 is 20.4 Å². The van der Waals surface area contributed by atoms with Gasteiger partial charge in [-0.15, -0.1) is 11.8 Å². The first-order chi connectivity index (χ1) is 23.7. The van der Waals surface area contributed by atoms with E-state index in [1.54, 1.807) is 23.7 Å². The summed E-state index contributed by atoms with van der Waals surface area (Å²) in [5.74, 6) is 0.790. The highest BCUT2D eigenvalue weighted by Gasteiger charge is 2.56. The smallest absolute Gasteiger partial charge is 0.240 e. The predicted molar refractivity (Wildman–Crippen MR) is 203 cm³/mol. The molecule has 2 aromatic rings. The lowest BCUT2D eigenvalue weighted by Gasteiger charge is -2.60. The number of thioether (sulfide) groups is 1. The number of carbonyl (C=O) groups is 1. The Balaban J connectivity index is 1.37. The first-order valence-corrected chi connectivity index (χ1v) is 19.8. The van der Waals surface area contributed by atoms with Crippen LogP contribution >= 0.6 is 11.8 Å². The molecule has 0 unspecified atom stereocenters. The topological polar surface area (TPSA) is 88.5 Å². The summed E-state index contributed by atoms with van der Waals surface area (Å²) in [7, 11) is 4.30. The molecule has 0 aromatic heterocycles. The number of aliphatic hydroxyl groups is 2. The van der Waals surface area contributed by atoms with Crippen molar-refractivity contribution < 1.29 is 19.8 Å². The van der Waals surface area contributed by atoms with Gasteiger partial charge in [0.25, 0.3) is 0 Å². The molecule has 0 radical (unpaired) electrons. The van der Waals surface area contributed by atoms with E-state index in [0.717, 1.165) is 50.0 Å². The molecular formula is C41H62N4O4S. The summed E-state index contributed by atoms with van der Waals surface area (Å²) in [5, 5.41) is 26.2. The van der Waals surface area contributed by atoms with Crippen LogP contribution in [-0.4, -0.2) is 94.8 Å². The number of hydrogen-bond acceptors (Lipinski definition) is 8. The number of hydroxylamine groups is 2. The molecule has 50 heavy (non-hydrogen) atoms. The van der Waals surface area contributed by atoms with Crippen molar-refractivity contribution in [3.63, 3.8) is 0 Å². The molecule has 1 saturated heterocycles. The fourth-order valence-electron chi connectivity index (χ4n) is 8.92. The second kappa shape index (κ2) is 16.6. The fourth-order valence-corrected chi connectivity index (χ4v) is 9.53. The molecule has 276 valence electrons. The minimum atomic E-state index is -0.839. The first kappa shape index (κ1) is 39.0. The summed E-state index contributed by atoms with van der Waals surface area (Å²) in [6, 6.07) is 16.8. The van der Waals surface area contributed by atoms with Gasteiger partial charge >= 0.3 is 0 Å². The van der Waals surface area contributed by atoms with Gasteiger partial charge in [0.1, 0.15) is 12.1 Å². The third-order valence-corrected chi connectivity index (χ3v) is 12.5. The van der Waals surface area contributed by atoms with Gasteiger partial charge in [0.15, 0.2) is 0 Å². The van der Waals surface area contributed by atoms with Gasteiger partial charge in [-0.2, -0.15) is 5.06 Å². The van der Waals surface area contributed by atoms with Crippen molar-refractivity contribution in [2.24, 2.45) is 29.1 Å². The van der Waals surface area contributed by atoms with E-state index >= 15 is 0 Å². The van der Waals surface area contributed by atoms with Gasteiger partial charge in [-0.25, -0.2) is 0 Å². The number of amides is 1. The molecule has 3 aliphatic carbocycles. The highest BCUT2D eigenvalue weighted by molar-refractivity contribution is 7.98. The largest absolute Gasteiger partial charge is 0.394 e. The lowest BCUT2D eigenvalue weighted by atomic mass is 9.46. The van der Waals surface area contributed by atoms with E-state index in [9.17, 15) is 15.0 Å². The number of benzene rings is 2. The first-order valence-electron chi connectivity index (χ1n) is 18.5. The number of carbonyl (C=O) groups excluding carboxylic acids is 1. The molecule has 3 N–H and O–H groups in total. The lowest BCUT2D eigenvalue weighted by molar-refractivity contribution is -0.182. The normalized spacial score (nSPS) is 27.5. The van der Waals surface area contributed by atoms with Crippen molar-refractivity contribution in [3.8, 4) is 0 Å².